The number of hydrogen-bond donors (Lipinski definition) is 1. The van der Waals surface area contributed by atoms with Gasteiger partial charge in [-0.3, -0.25) is 9.59 Å². The first-order valence-corrected chi connectivity index (χ1v) is 9.58. The third-order valence-corrected chi connectivity index (χ3v) is 4.53. The molecule has 0 fully saturated rings. The number of rotatable bonds is 9. The number of amides is 1. The average Bonchev–Trinajstić information content (AvgIpc) is 2.77. The number of benzene rings is 1. The molecule has 0 spiro atoms. The summed E-state index contributed by atoms with van der Waals surface area (Å²) in [5.74, 6) is -0.546. The molecule has 1 heterocycles. The van der Waals surface area contributed by atoms with E-state index in [1.807, 2.05) is 0 Å². The summed E-state index contributed by atoms with van der Waals surface area (Å²) < 4.78 is 20.3. The summed E-state index contributed by atoms with van der Waals surface area (Å²) in [4.78, 5) is 40.9. The Morgan fingerprint density at radius 1 is 1.03 bits per heavy atom. The van der Waals surface area contributed by atoms with Crippen molar-refractivity contribution >= 4 is 17.8 Å². The van der Waals surface area contributed by atoms with Crippen molar-refractivity contribution in [3.8, 4) is 11.5 Å². The molecule has 0 aliphatic rings. The van der Waals surface area contributed by atoms with Crippen LogP contribution < -0.4 is 14.8 Å². The number of nitrogens with zero attached hydrogens (tertiary/aromatic N) is 1. The molecule has 0 saturated heterocycles. The standard InChI is InChI=1S/C22H26N2O7/c1-6-31-22(27)15-8-9-16(23-13(15)2)21(26)24-17(12-20(25)30-5)14-7-10-18(28-3)19(11-14)29-4/h7-11,17H,6,12H2,1-5H3,(H,24,26). The van der Waals surface area contributed by atoms with E-state index in [4.69, 9.17) is 18.9 Å². The molecule has 31 heavy (non-hydrogen) atoms. The second-order valence-corrected chi connectivity index (χ2v) is 6.47. The first-order chi connectivity index (χ1) is 14.8. The quantitative estimate of drug-likeness (QED) is 0.604. The third kappa shape index (κ3) is 5.94. The summed E-state index contributed by atoms with van der Waals surface area (Å²) in [5, 5.41) is 2.79. The van der Waals surface area contributed by atoms with Crippen molar-refractivity contribution in [2.45, 2.75) is 26.3 Å². The third-order valence-electron chi connectivity index (χ3n) is 4.53. The second-order valence-electron chi connectivity index (χ2n) is 6.47. The Labute approximate surface area is 180 Å². The normalized spacial score (nSPS) is 11.3. The SMILES string of the molecule is CCOC(=O)c1ccc(C(=O)NC(CC(=O)OC)c2ccc(OC)c(OC)c2)nc1C. The summed E-state index contributed by atoms with van der Waals surface area (Å²) >= 11 is 0. The molecular formula is C22H26N2O7. The van der Waals surface area contributed by atoms with Crippen LogP contribution in [0.5, 0.6) is 11.5 Å². The van der Waals surface area contributed by atoms with Crippen LogP contribution in [0.1, 0.15) is 51.5 Å². The van der Waals surface area contributed by atoms with Gasteiger partial charge in [-0.25, -0.2) is 9.78 Å². The van der Waals surface area contributed by atoms with Gasteiger partial charge in [0.15, 0.2) is 11.5 Å². The Kier molecular flexibility index (Phi) is 8.36. The summed E-state index contributed by atoms with van der Waals surface area (Å²) in [5.41, 5.74) is 1.36. The van der Waals surface area contributed by atoms with Gasteiger partial charge in [0.25, 0.3) is 5.91 Å². The number of carbonyl (C=O) groups excluding carboxylic acids is 3. The van der Waals surface area contributed by atoms with Crippen molar-refractivity contribution in [3.05, 3.63) is 52.8 Å². The van der Waals surface area contributed by atoms with Crippen LogP contribution in [0.25, 0.3) is 0 Å². The number of carbonyl (C=O) groups is 3. The molecule has 1 N–H and O–H groups in total. The Morgan fingerprint density at radius 3 is 2.32 bits per heavy atom. The van der Waals surface area contributed by atoms with Crippen LogP contribution in [0.3, 0.4) is 0 Å². The maximum absolute atomic E-state index is 12.8. The maximum atomic E-state index is 12.8. The molecule has 0 radical (unpaired) electrons. The van der Waals surface area contributed by atoms with Crippen LogP contribution in [-0.4, -0.2) is 50.8 Å². The van der Waals surface area contributed by atoms with Crippen LogP contribution in [0.4, 0.5) is 0 Å². The topological polar surface area (TPSA) is 113 Å². The Bertz CT molecular complexity index is 959. The van der Waals surface area contributed by atoms with Crippen molar-refractivity contribution < 1.29 is 33.3 Å². The molecule has 0 bridgehead atoms. The average molecular weight is 430 g/mol. The zero-order valence-corrected chi connectivity index (χ0v) is 18.2. The first-order valence-electron chi connectivity index (χ1n) is 9.58. The van der Waals surface area contributed by atoms with E-state index in [2.05, 4.69) is 10.3 Å². The minimum Gasteiger partial charge on any atom is -0.493 e. The number of aromatic nitrogens is 1. The lowest BCUT2D eigenvalue weighted by Gasteiger charge is -2.20. The minimum atomic E-state index is -0.702. The van der Waals surface area contributed by atoms with Crippen LogP contribution in [-0.2, 0) is 14.3 Å². The highest BCUT2D eigenvalue weighted by atomic mass is 16.5. The summed E-state index contributed by atoms with van der Waals surface area (Å²) in [6.45, 7) is 3.56. The van der Waals surface area contributed by atoms with Crippen molar-refractivity contribution in [1.29, 1.82) is 0 Å². The van der Waals surface area contributed by atoms with Gasteiger partial charge in [-0.05, 0) is 43.7 Å². The highest BCUT2D eigenvalue weighted by Gasteiger charge is 2.23. The van der Waals surface area contributed by atoms with Crippen LogP contribution in [0, 0.1) is 6.92 Å². The molecule has 0 aliphatic carbocycles. The van der Waals surface area contributed by atoms with Gasteiger partial charge in [0, 0.05) is 0 Å². The van der Waals surface area contributed by atoms with Gasteiger partial charge in [0.05, 0.1) is 51.7 Å². The first kappa shape index (κ1) is 23.7. The lowest BCUT2D eigenvalue weighted by molar-refractivity contribution is -0.141. The molecule has 2 aromatic rings. The van der Waals surface area contributed by atoms with E-state index in [0.29, 0.717) is 22.8 Å². The van der Waals surface area contributed by atoms with Crippen LogP contribution >= 0.6 is 0 Å². The molecular weight excluding hydrogens is 404 g/mol. The molecule has 1 atom stereocenters. The number of hydrogen-bond acceptors (Lipinski definition) is 8. The van der Waals surface area contributed by atoms with Gasteiger partial charge in [0.2, 0.25) is 0 Å². The van der Waals surface area contributed by atoms with Gasteiger partial charge >= 0.3 is 11.9 Å². The zero-order chi connectivity index (χ0) is 23.0. The highest BCUT2D eigenvalue weighted by molar-refractivity contribution is 5.95. The molecule has 2 rings (SSSR count). The smallest absolute Gasteiger partial charge is 0.339 e. The number of pyridine rings is 1. The highest BCUT2D eigenvalue weighted by Crippen LogP contribution is 2.31. The lowest BCUT2D eigenvalue weighted by atomic mass is 10.0. The van der Waals surface area contributed by atoms with E-state index in [1.54, 1.807) is 32.0 Å². The molecule has 166 valence electrons. The van der Waals surface area contributed by atoms with Gasteiger partial charge < -0.3 is 24.3 Å². The molecule has 1 amide bonds. The number of nitrogens with one attached hydrogen (secondary N) is 1. The summed E-state index contributed by atoms with van der Waals surface area (Å²) in [6, 6.07) is 7.29. The molecule has 1 aromatic carbocycles. The van der Waals surface area contributed by atoms with Crippen LogP contribution in [0.2, 0.25) is 0 Å². The molecule has 9 nitrogen and oxygen atoms in total. The van der Waals surface area contributed by atoms with Gasteiger partial charge in [-0.2, -0.15) is 0 Å². The largest absolute Gasteiger partial charge is 0.493 e. The number of aryl methyl sites for hydroxylation is 1. The van der Waals surface area contributed by atoms with Crippen LogP contribution in [0.15, 0.2) is 30.3 Å². The molecule has 1 unspecified atom stereocenters. The van der Waals surface area contributed by atoms with Gasteiger partial charge in [-0.1, -0.05) is 6.07 Å². The number of ether oxygens (including phenoxy) is 4. The fraction of sp³-hybridized carbons (Fsp3) is 0.364. The summed E-state index contributed by atoms with van der Waals surface area (Å²) in [7, 11) is 4.28. The van der Waals surface area contributed by atoms with E-state index in [0.717, 1.165) is 0 Å². The predicted molar refractivity (Wildman–Crippen MR) is 111 cm³/mol. The Morgan fingerprint density at radius 2 is 1.74 bits per heavy atom. The monoisotopic (exact) mass is 430 g/mol. The predicted octanol–water partition coefficient (Wildman–Crippen LogP) is 2.62. The zero-order valence-electron chi connectivity index (χ0n) is 18.2. The van der Waals surface area contributed by atoms with E-state index in [9.17, 15) is 14.4 Å². The lowest BCUT2D eigenvalue weighted by Crippen LogP contribution is -2.31. The van der Waals surface area contributed by atoms with Crippen molar-refractivity contribution in [2.75, 3.05) is 27.9 Å². The fourth-order valence-electron chi connectivity index (χ4n) is 2.92. The Balaban J connectivity index is 2.31. The number of methoxy groups -OCH3 is 3. The molecule has 0 saturated carbocycles. The summed E-state index contributed by atoms with van der Waals surface area (Å²) in [6.07, 6.45) is -0.0996. The Hall–Kier alpha value is -3.62. The van der Waals surface area contributed by atoms with E-state index < -0.39 is 23.9 Å². The minimum absolute atomic E-state index is 0.0980. The van der Waals surface area contributed by atoms with E-state index in [1.165, 1.54) is 33.5 Å². The van der Waals surface area contributed by atoms with Crippen molar-refractivity contribution in [1.82, 2.24) is 10.3 Å². The van der Waals surface area contributed by atoms with Gasteiger partial charge in [0.1, 0.15) is 5.69 Å². The fourth-order valence-corrected chi connectivity index (χ4v) is 2.92. The molecule has 0 aliphatic heterocycles. The van der Waals surface area contributed by atoms with E-state index in [-0.39, 0.29) is 24.3 Å². The maximum Gasteiger partial charge on any atom is 0.339 e. The van der Waals surface area contributed by atoms with Crippen molar-refractivity contribution in [2.24, 2.45) is 0 Å². The van der Waals surface area contributed by atoms with Crippen molar-refractivity contribution in [3.63, 3.8) is 0 Å². The van der Waals surface area contributed by atoms with Gasteiger partial charge in [-0.15, -0.1) is 0 Å². The molecule has 9 heteroatoms. The number of esters is 2. The molecule has 1 aromatic heterocycles. The second kappa shape index (κ2) is 11.0. The van der Waals surface area contributed by atoms with E-state index >= 15 is 0 Å².